The van der Waals surface area contributed by atoms with Crippen LogP contribution in [0.15, 0.2) is 18.5 Å². The van der Waals surface area contributed by atoms with E-state index in [-0.39, 0.29) is 24.4 Å². The SMILES string of the molecule is CCCCC(CN)NC(=O)c1cnn2ccc(C)nc12.Cl. The van der Waals surface area contributed by atoms with Crippen molar-refractivity contribution in [2.45, 2.75) is 39.2 Å². The fourth-order valence-electron chi connectivity index (χ4n) is 2.08. The van der Waals surface area contributed by atoms with Gasteiger partial charge in [-0.15, -0.1) is 12.4 Å². The summed E-state index contributed by atoms with van der Waals surface area (Å²) in [6.45, 7) is 4.45. The van der Waals surface area contributed by atoms with E-state index in [0.29, 0.717) is 17.8 Å². The fraction of sp³-hybridized carbons (Fsp3) is 0.500. The molecule has 0 bridgehead atoms. The van der Waals surface area contributed by atoms with Gasteiger partial charge >= 0.3 is 0 Å². The number of rotatable bonds is 6. The lowest BCUT2D eigenvalue weighted by molar-refractivity contribution is 0.0937. The van der Waals surface area contributed by atoms with Crippen LogP contribution in [0, 0.1) is 6.92 Å². The molecule has 1 amide bonds. The molecule has 0 spiro atoms. The van der Waals surface area contributed by atoms with E-state index >= 15 is 0 Å². The lowest BCUT2D eigenvalue weighted by Crippen LogP contribution is -2.40. The van der Waals surface area contributed by atoms with Crippen LogP contribution in [0.1, 0.15) is 42.2 Å². The number of nitrogens with zero attached hydrogens (tertiary/aromatic N) is 3. The second kappa shape index (κ2) is 7.95. The molecule has 0 fully saturated rings. The number of hydrogen-bond acceptors (Lipinski definition) is 4. The van der Waals surface area contributed by atoms with Crippen molar-refractivity contribution in [1.29, 1.82) is 0 Å². The Kier molecular flexibility index (Phi) is 6.58. The molecule has 1 atom stereocenters. The van der Waals surface area contributed by atoms with Crippen molar-refractivity contribution in [3.8, 4) is 0 Å². The average molecular weight is 312 g/mol. The Hall–Kier alpha value is -1.66. The predicted octanol–water partition coefficient (Wildman–Crippen LogP) is 1.71. The van der Waals surface area contributed by atoms with Crippen LogP contribution in [0.4, 0.5) is 0 Å². The lowest BCUT2D eigenvalue weighted by atomic mass is 10.1. The number of nitrogens with one attached hydrogen (secondary N) is 1. The Morgan fingerprint density at radius 2 is 2.29 bits per heavy atom. The van der Waals surface area contributed by atoms with Gasteiger partial charge in [0.25, 0.3) is 5.91 Å². The molecule has 0 aliphatic carbocycles. The summed E-state index contributed by atoms with van der Waals surface area (Å²) in [5, 5.41) is 7.10. The van der Waals surface area contributed by atoms with Gasteiger partial charge in [-0.25, -0.2) is 9.50 Å². The van der Waals surface area contributed by atoms with Gasteiger partial charge in [0.1, 0.15) is 5.56 Å². The summed E-state index contributed by atoms with van der Waals surface area (Å²) in [6, 6.07) is 1.85. The molecule has 2 aromatic heterocycles. The number of carbonyl (C=O) groups excluding carboxylic acids is 1. The first-order chi connectivity index (χ1) is 9.65. The van der Waals surface area contributed by atoms with E-state index in [4.69, 9.17) is 5.73 Å². The summed E-state index contributed by atoms with van der Waals surface area (Å²) in [4.78, 5) is 16.7. The van der Waals surface area contributed by atoms with Crippen molar-refractivity contribution < 1.29 is 4.79 Å². The van der Waals surface area contributed by atoms with Gasteiger partial charge in [-0.1, -0.05) is 19.8 Å². The van der Waals surface area contributed by atoms with Gasteiger partial charge < -0.3 is 11.1 Å². The highest BCUT2D eigenvalue weighted by Crippen LogP contribution is 2.09. The summed E-state index contributed by atoms with van der Waals surface area (Å²) >= 11 is 0. The number of fused-ring (bicyclic) bond motifs is 1. The molecule has 0 saturated carbocycles. The Morgan fingerprint density at radius 3 is 2.95 bits per heavy atom. The van der Waals surface area contributed by atoms with Crippen molar-refractivity contribution in [2.75, 3.05) is 6.54 Å². The van der Waals surface area contributed by atoms with Gasteiger partial charge in [0.05, 0.1) is 6.20 Å². The predicted molar refractivity (Wildman–Crippen MR) is 84.8 cm³/mol. The van der Waals surface area contributed by atoms with Crippen molar-refractivity contribution >= 4 is 24.0 Å². The number of unbranched alkanes of at least 4 members (excludes halogenated alkanes) is 1. The molecule has 6 nitrogen and oxygen atoms in total. The minimum Gasteiger partial charge on any atom is -0.348 e. The molecule has 2 heterocycles. The number of halogens is 1. The number of aromatic nitrogens is 3. The first kappa shape index (κ1) is 17.4. The van der Waals surface area contributed by atoms with E-state index in [1.165, 1.54) is 0 Å². The minimum atomic E-state index is -0.162. The zero-order valence-corrected chi connectivity index (χ0v) is 13.2. The van der Waals surface area contributed by atoms with Crippen LogP contribution >= 0.6 is 12.4 Å². The van der Waals surface area contributed by atoms with Crippen molar-refractivity contribution in [2.24, 2.45) is 5.73 Å². The number of aryl methyl sites for hydroxylation is 1. The molecule has 116 valence electrons. The Balaban J connectivity index is 0.00000220. The van der Waals surface area contributed by atoms with Crippen LogP contribution in [-0.4, -0.2) is 33.1 Å². The van der Waals surface area contributed by atoms with Gasteiger partial charge in [-0.2, -0.15) is 5.10 Å². The van der Waals surface area contributed by atoms with Crippen LogP contribution in [0.3, 0.4) is 0 Å². The van der Waals surface area contributed by atoms with Crippen molar-refractivity contribution in [1.82, 2.24) is 19.9 Å². The molecule has 0 aliphatic rings. The monoisotopic (exact) mass is 311 g/mol. The molecular formula is C14H22ClN5O. The molecule has 1 unspecified atom stereocenters. The van der Waals surface area contributed by atoms with Gasteiger partial charge in [-0.05, 0) is 19.4 Å². The Morgan fingerprint density at radius 1 is 1.52 bits per heavy atom. The van der Waals surface area contributed by atoms with Crippen LogP contribution in [0.25, 0.3) is 5.65 Å². The summed E-state index contributed by atoms with van der Waals surface area (Å²) in [6.07, 6.45) is 6.37. The van der Waals surface area contributed by atoms with E-state index in [2.05, 4.69) is 22.3 Å². The molecule has 0 radical (unpaired) electrons. The zero-order valence-electron chi connectivity index (χ0n) is 12.4. The molecule has 0 aliphatic heterocycles. The third-order valence-corrected chi connectivity index (χ3v) is 3.28. The second-order valence-electron chi connectivity index (χ2n) is 4.94. The Labute approximate surface area is 130 Å². The van der Waals surface area contributed by atoms with Gasteiger partial charge in [0.2, 0.25) is 0 Å². The van der Waals surface area contributed by atoms with Gasteiger partial charge in [-0.3, -0.25) is 4.79 Å². The number of carbonyl (C=O) groups is 1. The number of hydrogen-bond donors (Lipinski definition) is 2. The topological polar surface area (TPSA) is 85.3 Å². The second-order valence-corrected chi connectivity index (χ2v) is 4.94. The van der Waals surface area contributed by atoms with E-state index in [1.54, 1.807) is 16.9 Å². The maximum atomic E-state index is 12.3. The molecule has 2 aromatic rings. The molecule has 0 aromatic carbocycles. The first-order valence-corrected chi connectivity index (χ1v) is 6.97. The Bertz CT molecular complexity index is 598. The van der Waals surface area contributed by atoms with Gasteiger partial charge in [0, 0.05) is 24.5 Å². The van der Waals surface area contributed by atoms with Crippen LogP contribution < -0.4 is 11.1 Å². The summed E-state index contributed by atoms with van der Waals surface area (Å²) in [5.41, 5.74) is 7.62. The largest absolute Gasteiger partial charge is 0.348 e. The maximum Gasteiger partial charge on any atom is 0.257 e. The highest BCUT2D eigenvalue weighted by Gasteiger charge is 2.17. The number of nitrogens with two attached hydrogens (primary N) is 1. The highest BCUT2D eigenvalue weighted by atomic mass is 35.5. The van der Waals surface area contributed by atoms with Crippen LogP contribution in [0.5, 0.6) is 0 Å². The fourth-order valence-corrected chi connectivity index (χ4v) is 2.08. The molecular weight excluding hydrogens is 290 g/mol. The zero-order chi connectivity index (χ0) is 14.5. The molecule has 2 rings (SSSR count). The summed E-state index contributed by atoms with van der Waals surface area (Å²) in [5.74, 6) is -0.162. The average Bonchev–Trinajstić information content (AvgIpc) is 2.86. The van der Waals surface area contributed by atoms with Crippen LogP contribution in [0.2, 0.25) is 0 Å². The van der Waals surface area contributed by atoms with Crippen molar-refractivity contribution in [3.63, 3.8) is 0 Å². The first-order valence-electron chi connectivity index (χ1n) is 6.97. The van der Waals surface area contributed by atoms with E-state index in [1.807, 2.05) is 13.0 Å². The van der Waals surface area contributed by atoms with E-state index in [9.17, 15) is 4.79 Å². The van der Waals surface area contributed by atoms with Crippen LogP contribution in [-0.2, 0) is 0 Å². The summed E-state index contributed by atoms with van der Waals surface area (Å²) in [7, 11) is 0. The standard InChI is InChI=1S/C14H21N5O.ClH/c1-3-4-5-11(8-15)18-14(20)12-9-16-19-7-6-10(2)17-13(12)19;/h6-7,9,11H,3-5,8,15H2,1-2H3,(H,18,20);1H. The van der Waals surface area contributed by atoms with E-state index < -0.39 is 0 Å². The minimum absolute atomic E-state index is 0. The molecule has 3 N–H and O–H groups in total. The lowest BCUT2D eigenvalue weighted by Gasteiger charge is -2.15. The summed E-state index contributed by atoms with van der Waals surface area (Å²) < 4.78 is 1.60. The molecule has 21 heavy (non-hydrogen) atoms. The van der Waals surface area contributed by atoms with E-state index in [0.717, 1.165) is 25.0 Å². The molecule has 7 heteroatoms. The van der Waals surface area contributed by atoms with Crippen molar-refractivity contribution in [3.05, 3.63) is 29.7 Å². The third-order valence-electron chi connectivity index (χ3n) is 3.28. The van der Waals surface area contributed by atoms with Gasteiger partial charge in [0.15, 0.2) is 5.65 Å². The molecule has 0 saturated heterocycles. The third kappa shape index (κ3) is 4.15. The quantitative estimate of drug-likeness (QED) is 0.850. The number of amides is 1. The normalized spacial score (nSPS) is 12.0. The maximum absolute atomic E-state index is 12.3. The smallest absolute Gasteiger partial charge is 0.257 e. The highest BCUT2D eigenvalue weighted by molar-refractivity contribution is 5.99.